The largest absolute Gasteiger partial charge is 0.303 e. The molecule has 112 valence electrons. The van der Waals surface area contributed by atoms with Crippen LogP contribution in [0.5, 0.6) is 0 Å². The molecule has 0 aromatic heterocycles. The van der Waals surface area contributed by atoms with Gasteiger partial charge in [0, 0.05) is 58.3 Å². The molecular formula is C10H26N8O. The van der Waals surface area contributed by atoms with Crippen LogP contribution in [-0.2, 0) is 4.79 Å². The van der Waals surface area contributed by atoms with Crippen LogP contribution in [0.4, 0.5) is 0 Å². The fourth-order valence-electron chi connectivity index (χ4n) is 1.95. The van der Waals surface area contributed by atoms with Crippen LogP contribution in [0.15, 0.2) is 0 Å². The van der Waals surface area contributed by atoms with Crippen LogP contribution in [-0.4, -0.2) is 78.2 Å². The van der Waals surface area contributed by atoms with Crippen LogP contribution in [0.3, 0.4) is 0 Å². The zero-order valence-corrected chi connectivity index (χ0v) is 11.3. The van der Waals surface area contributed by atoms with Crippen molar-refractivity contribution in [1.29, 1.82) is 0 Å². The summed E-state index contributed by atoms with van der Waals surface area (Å²) in [7, 11) is 0. The van der Waals surface area contributed by atoms with Gasteiger partial charge in [-0.2, -0.15) is 0 Å². The minimum Gasteiger partial charge on any atom is -0.303 e. The van der Waals surface area contributed by atoms with Gasteiger partial charge in [-0.1, -0.05) is 0 Å². The van der Waals surface area contributed by atoms with E-state index in [0.717, 1.165) is 6.29 Å². The lowest BCUT2D eigenvalue weighted by Gasteiger charge is -2.32. The summed E-state index contributed by atoms with van der Waals surface area (Å²) in [6.45, 7) is 4.30. The first-order valence-corrected chi connectivity index (χ1v) is 6.47. The molecule has 0 aromatic carbocycles. The lowest BCUT2D eigenvalue weighted by Crippen LogP contribution is -2.55. The Kier molecular flexibility index (Phi) is 7.34. The second kappa shape index (κ2) is 8.51. The van der Waals surface area contributed by atoms with E-state index in [1.807, 2.05) is 0 Å². The maximum Gasteiger partial charge on any atom is 0.121 e. The number of hydrogen-bond acceptors (Lipinski definition) is 9. The average molecular weight is 274 g/mol. The maximum absolute atomic E-state index is 10.7. The Labute approximate surface area is 113 Å². The summed E-state index contributed by atoms with van der Waals surface area (Å²) in [6.07, 6.45) is 1.21. The molecule has 1 aliphatic heterocycles. The summed E-state index contributed by atoms with van der Waals surface area (Å²) >= 11 is 0. The van der Waals surface area contributed by atoms with Gasteiger partial charge in [0.15, 0.2) is 0 Å². The Morgan fingerprint density at radius 2 is 1.32 bits per heavy atom. The van der Waals surface area contributed by atoms with Crippen LogP contribution in [0.25, 0.3) is 0 Å². The van der Waals surface area contributed by atoms with Crippen LogP contribution in [0, 0.1) is 0 Å². The van der Waals surface area contributed by atoms with Crippen molar-refractivity contribution in [3.8, 4) is 0 Å². The van der Waals surface area contributed by atoms with Crippen molar-refractivity contribution >= 4 is 6.29 Å². The van der Waals surface area contributed by atoms with Crippen LogP contribution >= 0.6 is 0 Å². The summed E-state index contributed by atoms with van der Waals surface area (Å²) in [6, 6.07) is -0.110. The monoisotopic (exact) mass is 274 g/mol. The van der Waals surface area contributed by atoms with E-state index in [0.29, 0.717) is 52.2 Å². The first kappa shape index (κ1) is 16.4. The molecule has 0 bridgehead atoms. The third-order valence-electron chi connectivity index (χ3n) is 3.28. The van der Waals surface area contributed by atoms with Crippen molar-refractivity contribution in [2.24, 2.45) is 23.4 Å². The lowest BCUT2D eigenvalue weighted by molar-refractivity contribution is -0.109. The SMILES string of the molecule is NN1CCN(N)CCN(N)C(CC=O)CN(N)CC1. The summed E-state index contributed by atoms with van der Waals surface area (Å²) in [5, 5.41) is 6.65. The van der Waals surface area contributed by atoms with Gasteiger partial charge in [-0.25, -0.2) is 20.0 Å². The minimum atomic E-state index is -0.110. The Bertz CT molecular complexity index is 266. The molecule has 1 saturated heterocycles. The Hall–Kier alpha value is -0.650. The molecule has 1 unspecified atom stereocenters. The van der Waals surface area contributed by atoms with Gasteiger partial charge in [0.2, 0.25) is 0 Å². The number of carbonyl (C=O) groups is 1. The highest BCUT2D eigenvalue weighted by Gasteiger charge is 2.19. The smallest absolute Gasteiger partial charge is 0.121 e. The average Bonchev–Trinajstić information content (AvgIpc) is 2.38. The van der Waals surface area contributed by atoms with Crippen LogP contribution in [0.2, 0.25) is 0 Å². The topological polar surface area (TPSA) is 134 Å². The summed E-state index contributed by atoms with van der Waals surface area (Å²) in [4.78, 5) is 10.7. The van der Waals surface area contributed by atoms with E-state index >= 15 is 0 Å². The van der Waals surface area contributed by atoms with Gasteiger partial charge in [-0.05, 0) is 0 Å². The zero-order chi connectivity index (χ0) is 14.3. The highest BCUT2D eigenvalue weighted by molar-refractivity contribution is 5.50. The molecule has 1 heterocycles. The molecule has 0 saturated carbocycles. The molecular weight excluding hydrogens is 248 g/mol. The van der Waals surface area contributed by atoms with E-state index < -0.39 is 0 Å². The summed E-state index contributed by atoms with van der Waals surface area (Å²) in [5.41, 5.74) is 0. The van der Waals surface area contributed by atoms with Crippen molar-refractivity contribution in [1.82, 2.24) is 20.0 Å². The van der Waals surface area contributed by atoms with E-state index in [-0.39, 0.29) is 6.04 Å². The first-order chi connectivity index (χ1) is 9.02. The van der Waals surface area contributed by atoms with E-state index in [1.54, 1.807) is 20.0 Å². The first-order valence-electron chi connectivity index (χ1n) is 6.47. The second-order valence-corrected chi connectivity index (χ2v) is 4.86. The number of hydrazine groups is 4. The fourth-order valence-corrected chi connectivity index (χ4v) is 1.95. The highest BCUT2D eigenvalue weighted by Crippen LogP contribution is 2.01. The van der Waals surface area contributed by atoms with E-state index in [4.69, 9.17) is 23.4 Å². The second-order valence-electron chi connectivity index (χ2n) is 4.86. The molecule has 0 aliphatic carbocycles. The summed E-state index contributed by atoms with van der Waals surface area (Å²) in [5.74, 6) is 23.6. The predicted octanol–water partition coefficient (Wildman–Crippen LogP) is -3.34. The predicted molar refractivity (Wildman–Crippen MR) is 72.6 cm³/mol. The van der Waals surface area contributed by atoms with Crippen LogP contribution in [0.1, 0.15) is 6.42 Å². The van der Waals surface area contributed by atoms with Gasteiger partial charge in [0.1, 0.15) is 6.29 Å². The third kappa shape index (κ3) is 6.36. The molecule has 1 aliphatic rings. The lowest BCUT2D eigenvalue weighted by atomic mass is 10.2. The Morgan fingerprint density at radius 1 is 0.842 bits per heavy atom. The van der Waals surface area contributed by atoms with Crippen LogP contribution < -0.4 is 23.4 Å². The molecule has 1 atom stereocenters. The number of hydrogen-bond donors (Lipinski definition) is 4. The quantitative estimate of drug-likeness (QED) is 0.301. The number of aldehydes is 1. The third-order valence-corrected chi connectivity index (χ3v) is 3.28. The van der Waals surface area contributed by atoms with Gasteiger partial charge in [0.05, 0.1) is 0 Å². The van der Waals surface area contributed by atoms with Gasteiger partial charge in [0.25, 0.3) is 0 Å². The normalized spacial score (nSPS) is 27.7. The molecule has 0 spiro atoms. The molecule has 1 rings (SSSR count). The minimum absolute atomic E-state index is 0.110. The van der Waals surface area contributed by atoms with Crippen molar-refractivity contribution < 1.29 is 4.79 Å². The fraction of sp³-hybridized carbons (Fsp3) is 0.900. The van der Waals surface area contributed by atoms with E-state index in [2.05, 4.69) is 0 Å². The Balaban J connectivity index is 2.61. The van der Waals surface area contributed by atoms with Crippen molar-refractivity contribution in [2.45, 2.75) is 12.5 Å². The maximum atomic E-state index is 10.7. The molecule has 0 amide bonds. The molecule has 8 N–H and O–H groups in total. The molecule has 0 aromatic rings. The molecule has 0 radical (unpaired) electrons. The molecule has 1 fully saturated rings. The van der Waals surface area contributed by atoms with Gasteiger partial charge < -0.3 is 4.79 Å². The highest BCUT2D eigenvalue weighted by atomic mass is 16.1. The number of nitrogens with zero attached hydrogens (tertiary/aromatic N) is 4. The van der Waals surface area contributed by atoms with Gasteiger partial charge in [-0.15, -0.1) is 0 Å². The van der Waals surface area contributed by atoms with Gasteiger partial charge in [-0.3, -0.25) is 23.4 Å². The van der Waals surface area contributed by atoms with Gasteiger partial charge >= 0.3 is 0 Å². The Morgan fingerprint density at radius 3 is 1.84 bits per heavy atom. The van der Waals surface area contributed by atoms with Crippen molar-refractivity contribution in [2.75, 3.05) is 45.8 Å². The van der Waals surface area contributed by atoms with E-state index in [1.165, 1.54) is 0 Å². The molecule has 9 nitrogen and oxygen atoms in total. The zero-order valence-electron chi connectivity index (χ0n) is 11.3. The molecule has 9 heteroatoms. The summed E-state index contributed by atoms with van der Waals surface area (Å²) < 4.78 is 0. The number of rotatable bonds is 2. The number of nitrogens with two attached hydrogens (primary N) is 4. The van der Waals surface area contributed by atoms with E-state index in [9.17, 15) is 4.79 Å². The number of carbonyl (C=O) groups excluding carboxylic acids is 1. The standard InChI is InChI=1S/C10H26N8O/c11-15-2-3-16(12)6-7-18(14)10(1-8-19)9-17(13)5-4-15/h8,10H,1-7,9,11-14H2. The molecule has 19 heavy (non-hydrogen) atoms. The van der Waals surface area contributed by atoms with Crippen molar-refractivity contribution in [3.63, 3.8) is 0 Å². The van der Waals surface area contributed by atoms with Crippen molar-refractivity contribution in [3.05, 3.63) is 0 Å².